The lowest BCUT2D eigenvalue weighted by Crippen LogP contribution is -2.47. The summed E-state index contributed by atoms with van der Waals surface area (Å²) in [5, 5.41) is 8.95. The van der Waals surface area contributed by atoms with E-state index >= 15 is 0 Å². The van der Waals surface area contributed by atoms with Crippen LogP contribution in [0.25, 0.3) is 0 Å². The van der Waals surface area contributed by atoms with Gasteiger partial charge in [-0.05, 0) is 66.9 Å². The fourth-order valence-corrected chi connectivity index (χ4v) is 4.66. The Morgan fingerprint density at radius 2 is 1.74 bits per heavy atom. The Morgan fingerprint density at radius 3 is 2.35 bits per heavy atom. The van der Waals surface area contributed by atoms with Crippen molar-refractivity contribution in [3.05, 3.63) is 89.5 Å². The summed E-state index contributed by atoms with van der Waals surface area (Å²) in [4.78, 5) is 30.0. The number of rotatable bonds is 5. The molecule has 0 fully saturated rings. The van der Waals surface area contributed by atoms with Crippen LogP contribution in [0.3, 0.4) is 0 Å². The molecule has 172 valence electrons. The number of carbonyl (C=O) groups is 2. The Bertz CT molecular complexity index is 1230. The van der Waals surface area contributed by atoms with E-state index < -0.39 is 0 Å². The molecule has 0 aromatic heterocycles. The summed E-state index contributed by atoms with van der Waals surface area (Å²) >= 11 is 0. The molecule has 0 spiro atoms. The van der Waals surface area contributed by atoms with Crippen LogP contribution in [0.1, 0.15) is 47.8 Å². The summed E-state index contributed by atoms with van der Waals surface area (Å²) in [5.74, 6) is 0.535. The first-order valence-electron chi connectivity index (χ1n) is 11.3. The lowest BCUT2D eigenvalue weighted by molar-refractivity contribution is -0.117. The van der Waals surface area contributed by atoms with Crippen LogP contribution in [-0.4, -0.2) is 25.0 Å². The highest BCUT2D eigenvalue weighted by Crippen LogP contribution is 2.42. The molecule has 0 aliphatic carbocycles. The maximum atomic E-state index is 13.5. The molecule has 1 heterocycles. The molecule has 4 rings (SSSR count). The number of nitrogens with zero attached hydrogens (tertiary/aromatic N) is 3. The number of amides is 2. The zero-order valence-electron chi connectivity index (χ0n) is 19.6. The van der Waals surface area contributed by atoms with E-state index in [1.807, 2.05) is 60.4 Å². The Kier molecular flexibility index (Phi) is 6.65. The van der Waals surface area contributed by atoms with Gasteiger partial charge in [0.15, 0.2) is 0 Å². The van der Waals surface area contributed by atoms with Crippen LogP contribution in [0.15, 0.2) is 72.8 Å². The van der Waals surface area contributed by atoms with E-state index in [9.17, 15) is 9.59 Å². The SMILES string of the molecule is COc1ccc(C(=O)N2c3ccccc3[C@H](N(C(C)=O)c3ccc(CC#N)cc3)C[C@@H]2C)cc1. The number of para-hydroxylation sites is 1. The lowest BCUT2D eigenvalue weighted by atomic mass is 9.89. The van der Waals surface area contributed by atoms with Gasteiger partial charge in [-0.3, -0.25) is 9.59 Å². The number of carbonyl (C=O) groups excluding carboxylic acids is 2. The van der Waals surface area contributed by atoms with E-state index in [-0.39, 0.29) is 23.9 Å². The van der Waals surface area contributed by atoms with Crippen molar-refractivity contribution in [1.82, 2.24) is 0 Å². The summed E-state index contributed by atoms with van der Waals surface area (Å²) < 4.78 is 5.22. The third-order valence-corrected chi connectivity index (χ3v) is 6.26. The number of anilines is 2. The fourth-order valence-electron chi connectivity index (χ4n) is 4.66. The van der Waals surface area contributed by atoms with Gasteiger partial charge in [0.25, 0.3) is 5.91 Å². The summed E-state index contributed by atoms with van der Waals surface area (Å²) in [7, 11) is 1.60. The molecule has 0 bridgehead atoms. The summed E-state index contributed by atoms with van der Waals surface area (Å²) in [6.07, 6.45) is 0.921. The van der Waals surface area contributed by atoms with E-state index in [4.69, 9.17) is 10.00 Å². The van der Waals surface area contributed by atoms with Crippen LogP contribution in [0, 0.1) is 11.3 Å². The van der Waals surface area contributed by atoms with E-state index in [0.717, 1.165) is 22.5 Å². The van der Waals surface area contributed by atoms with Gasteiger partial charge in [0.2, 0.25) is 5.91 Å². The van der Waals surface area contributed by atoms with Gasteiger partial charge in [0.05, 0.1) is 25.6 Å². The van der Waals surface area contributed by atoms with E-state index in [0.29, 0.717) is 24.2 Å². The minimum Gasteiger partial charge on any atom is -0.497 e. The Morgan fingerprint density at radius 1 is 1.06 bits per heavy atom. The molecule has 6 nitrogen and oxygen atoms in total. The highest BCUT2D eigenvalue weighted by molar-refractivity contribution is 6.07. The predicted molar refractivity (Wildman–Crippen MR) is 132 cm³/mol. The van der Waals surface area contributed by atoms with Gasteiger partial charge in [0, 0.05) is 29.9 Å². The Labute approximate surface area is 200 Å². The number of nitriles is 1. The van der Waals surface area contributed by atoms with E-state index in [1.54, 1.807) is 43.2 Å². The molecular formula is C28H27N3O3. The average Bonchev–Trinajstić information content (AvgIpc) is 2.85. The van der Waals surface area contributed by atoms with Crippen LogP contribution >= 0.6 is 0 Å². The van der Waals surface area contributed by atoms with Gasteiger partial charge in [-0.25, -0.2) is 0 Å². The normalized spacial score (nSPS) is 16.8. The first kappa shape index (κ1) is 23.1. The van der Waals surface area contributed by atoms with Crippen LogP contribution in [0.5, 0.6) is 5.75 Å². The number of methoxy groups -OCH3 is 1. The standard InChI is InChI=1S/C28H27N3O3/c1-19-18-27(31(20(2)32)23-12-8-21(9-13-23)16-17-29)25-6-4-5-7-26(25)30(19)28(33)22-10-14-24(34-3)15-11-22/h4-15,19,27H,16,18H2,1-3H3/t19-,27+/m0/s1. The van der Waals surface area contributed by atoms with Gasteiger partial charge in [-0.15, -0.1) is 0 Å². The molecule has 2 atom stereocenters. The van der Waals surface area contributed by atoms with Crippen molar-refractivity contribution in [3.8, 4) is 11.8 Å². The first-order valence-corrected chi connectivity index (χ1v) is 11.3. The van der Waals surface area contributed by atoms with Crippen LogP contribution < -0.4 is 14.5 Å². The van der Waals surface area contributed by atoms with E-state index in [1.165, 1.54) is 0 Å². The summed E-state index contributed by atoms with van der Waals surface area (Å²) in [6.45, 7) is 3.57. The number of hydrogen-bond donors (Lipinski definition) is 0. The van der Waals surface area contributed by atoms with Crippen molar-refractivity contribution in [1.29, 1.82) is 5.26 Å². The highest BCUT2D eigenvalue weighted by atomic mass is 16.5. The van der Waals surface area contributed by atoms with Crippen molar-refractivity contribution in [2.75, 3.05) is 16.9 Å². The molecule has 1 aliphatic rings. The van der Waals surface area contributed by atoms with E-state index in [2.05, 4.69) is 6.07 Å². The van der Waals surface area contributed by atoms with Crippen molar-refractivity contribution >= 4 is 23.2 Å². The monoisotopic (exact) mass is 453 g/mol. The van der Waals surface area contributed by atoms with Crippen molar-refractivity contribution in [2.45, 2.75) is 38.8 Å². The molecule has 2 amide bonds. The molecule has 34 heavy (non-hydrogen) atoms. The first-order chi connectivity index (χ1) is 16.4. The molecule has 0 saturated heterocycles. The second kappa shape index (κ2) is 9.80. The van der Waals surface area contributed by atoms with Crippen molar-refractivity contribution < 1.29 is 14.3 Å². The maximum absolute atomic E-state index is 13.5. The molecule has 1 aliphatic heterocycles. The van der Waals surface area contributed by atoms with Crippen LogP contribution in [-0.2, 0) is 11.2 Å². The van der Waals surface area contributed by atoms with Crippen LogP contribution in [0.4, 0.5) is 11.4 Å². The zero-order valence-corrected chi connectivity index (χ0v) is 19.6. The molecule has 0 radical (unpaired) electrons. The third kappa shape index (κ3) is 4.38. The third-order valence-electron chi connectivity index (χ3n) is 6.26. The highest BCUT2D eigenvalue weighted by Gasteiger charge is 2.38. The lowest BCUT2D eigenvalue weighted by Gasteiger charge is -2.43. The number of benzene rings is 3. The minimum atomic E-state index is -0.217. The Hall–Kier alpha value is -4.11. The fraction of sp³-hybridized carbons (Fsp3) is 0.250. The molecule has 0 unspecified atom stereocenters. The number of fused-ring (bicyclic) bond motifs is 1. The zero-order chi connectivity index (χ0) is 24.2. The number of ether oxygens (including phenoxy) is 1. The largest absolute Gasteiger partial charge is 0.497 e. The summed E-state index contributed by atoms with van der Waals surface area (Å²) in [5.41, 5.74) is 4.00. The maximum Gasteiger partial charge on any atom is 0.258 e. The van der Waals surface area contributed by atoms with Gasteiger partial charge < -0.3 is 14.5 Å². The second-order valence-corrected chi connectivity index (χ2v) is 8.45. The second-order valence-electron chi connectivity index (χ2n) is 8.45. The van der Waals surface area contributed by atoms with Gasteiger partial charge in [0.1, 0.15) is 5.75 Å². The van der Waals surface area contributed by atoms with Crippen molar-refractivity contribution in [3.63, 3.8) is 0 Å². The smallest absolute Gasteiger partial charge is 0.258 e. The van der Waals surface area contributed by atoms with Crippen molar-refractivity contribution in [2.24, 2.45) is 0 Å². The van der Waals surface area contributed by atoms with Crippen LogP contribution in [0.2, 0.25) is 0 Å². The molecule has 0 saturated carbocycles. The quantitative estimate of drug-likeness (QED) is 0.526. The van der Waals surface area contributed by atoms with Gasteiger partial charge in [-0.2, -0.15) is 5.26 Å². The molecule has 3 aromatic rings. The summed E-state index contributed by atoms with van der Waals surface area (Å²) in [6, 6.07) is 24.2. The number of hydrogen-bond acceptors (Lipinski definition) is 4. The molecule has 6 heteroatoms. The van der Waals surface area contributed by atoms with Gasteiger partial charge in [-0.1, -0.05) is 30.3 Å². The minimum absolute atomic E-state index is 0.0741. The average molecular weight is 454 g/mol. The van der Waals surface area contributed by atoms with Gasteiger partial charge >= 0.3 is 0 Å². The molecule has 0 N–H and O–H groups in total. The predicted octanol–water partition coefficient (Wildman–Crippen LogP) is 5.29. The molecule has 3 aromatic carbocycles. The molecular weight excluding hydrogens is 426 g/mol. The Balaban J connectivity index is 1.72. The topological polar surface area (TPSA) is 73.6 Å².